The summed E-state index contributed by atoms with van der Waals surface area (Å²) >= 11 is 1.66. The van der Waals surface area contributed by atoms with E-state index in [0.717, 1.165) is 29.6 Å². The predicted octanol–water partition coefficient (Wildman–Crippen LogP) is 4.01. The van der Waals surface area contributed by atoms with Gasteiger partial charge in [0, 0.05) is 23.2 Å². The van der Waals surface area contributed by atoms with Crippen molar-refractivity contribution in [2.45, 2.75) is 51.9 Å². The molecule has 1 aliphatic carbocycles. The summed E-state index contributed by atoms with van der Waals surface area (Å²) in [6.07, 6.45) is 8.83. The first-order chi connectivity index (χ1) is 11.2. The van der Waals surface area contributed by atoms with Crippen molar-refractivity contribution in [3.63, 3.8) is 0 Å². The van der Waals surface area contributed by atoms with Crippen LogP contribution in [0.2, 0.25) is 0 Å². The molecule has 23 heavy (non-hydrogen) atoms. The Morgan fingerprint density at radius 1 is 1.43 bits per heavy atom. The highest BCUT2D eigenvalue weighted by molar-refractivity contribution is 7.15. The third-order valence-electron chi connectivity index (χ3n) is 4.32. The lowest BCUT2D eigenvalue weighted by molar-refractivity contribution is -0.116. The Hall–Kier alpha value is -1.75. The highest BCUT2D eigenvalue weighted by Gasteiger charge is 2.22. The molecule has 1 aliphatic rings. The van der Waals surface area contributed by atoms with Gasteiger partial charge >= 0.3 is 0 Å². The molecule has 5 heteroatoms. The van der Waals surface area contributed by atoms with Crippen molar-refractivity contribution < 1.29 is 4.79 Å². The van der Waals surface area contributed by atoms with Crippen molar-refractivity contribution in [2.75, 3.05) is 5.32 Å². The first kappa shape index (κ1) is 16.1. The number of thiazole rings is 1. The lowest BCUT2D eigenvalue weighted by atomic mass is 9.88. The molecule has 0 radical (unpaired) electrons. The number of hydrogen-bond acceptors (Lipinski definition) is 4. The zero-order valence-corrected chi connectivity index (χ0v) is 14.4. The third-order valence-corrected chi connectivity index (χ3v) is 5.35. The van der Waals surface area contributed by atoms with Crippen LogP contribution < -0.4 is 5.32 Å². The Morgan fingerprint density at radius 2 is 2.35 bits per heavy atom. The smallest absolute Gasteiger partial charge is 0.226 e. The van der Waals surface area contributed by atoms with Crippen LogP contribution in [0.3, 0.4) is 0 Å². The molecular weight excluding hydrogens is 306 g/mol. The lowest BCUT2D eigenvalue weighted by Crippen LogP contribution is -2.13. The molecule has 0 aliphatic heterocycles. The molecule has 1 amide bonds. The number of rotatable bonds is 6. The molecule has 2 aromatic heterocycles. The Balaban J connectivity index is 1.53. The van der Waals surface area contributed by atoms with Crippen molar-refractivity contribution in [2.24, 2.45) is 5.92 Å². The van der Waals surface area contributed by atoms with Gasteiger partial charge in [0.05, 0.1) is 5.69 Å². The number of aryl methyl sites for hydroxylation is 2. The van der Waals surface area contributed by atoms with Crippen LogP contribution in [0.15, 0.2) is 24.4 Å². The molecular formula is C18H23N3OS. The fourth-order valence-corrected chi connectivity index (χ4v) is 4.26. The normalized spacial score (nSPS) is 16.8. The van der Waals surface area contributed by atoms with Crippen LogP contribution in [0.25, 0.3) is 0 Å². The summed E-state index contributed by atoms with van der Waals surface area (Å²) in [6.45, 7) is 2.25. The number of carbonyl (C=O) groups is 1. The minimum Gasteiger partial charge on any atom is -0.302 e. The van der Waals surface area contributed by atoms with E-state index in [2.05, 4.69) is 22.2 Å². The first-order valence-corrected chi connectivity index (χ1v) is 9.24. The standard InChI is InChI=1S/C18H23N3OS/c1-2-5-13-7-9-15-16(12-13)23-18(20-15)21-17(22)10-8-14-6-3-4-11-19-14/h3-4,6,11,13H,2,5,7-10,12H2,1H3,(H,20,21,22). The summed E-state index contributed by atoms with van der Waals surface area (Å²) in [6, 6.07) is 5.78. The maximum atomic E-state index is 12.1. The Morgan fingerprint density at radius 3 is 3.13 bits per heavy atom. The topological polar surface area (TPSA) is 54.9 Å². The zero-order valence-electron chi connectivity index (χ0n) is 13.5. The number of hydrogen-bond donors (Lipinski definition) is 1. The first-order valence-electron chi connectivity index (χ1n) is 8.43. The van der Waals surface area contributed by atoms with E-state index in [0.29, 0.717) is 12.8 Å². The van der Waals surface area contributed by atoms with Crippen LogP contribution in [-0.4, -0.2) is 15.9 Å². The van der Waals surface area contributed by atoms with Crippen molar-refractivity contribution in [3.05, 3.63) is 40.7 Å². The van der Waals surface area contributed by atoms with Gasteiger partial charge in [0.25, 0.3) is 0 Å². The summed E-state index contributed by atoms with van der Waals surface area (Å²) < 4.78 is 0. The Bertz CT molecular complexity index is 654. The Kier molecular flexibility index (Phi) is 5.39. The van der Waals surface area contributed by atoms with E-state index < -0.39 is 0 Å². The number of fused-ring (bicyclic) bond motifs is 1. The number of nitrogens with zero attached hydrogens (tertiary/aromatic N) is 2. The zero-order chi connectivity index (χ0) is 16.1. The van der Waals surface area contributed by atoms with Gasteiger partial charge in [0.2, 0.25) is 5.91 Å². The Labute approximate surface area is 141 Å². The maximum absolute atomic E-state index is 12.1. The van der Waals surface area contributed by atoms with E-state index in [1.165, 1.54) is 29.8 Å². The van der Waals surface area contributed by atoms with E-state index in [9.17, 15) is 4.79 Å². The molecule has 0 aromatic carbocycles. The predicted molar refractivity (Wildman–Crippen MR) is 93.7 cm³/mol. The van der Waals surface area contributed by atoms with Crippen LogP contribution in [-0.2, 0) is 24.1 Å². The van der Waals surface area contributed by atoms with E-state index in [4.69, 9.17) is 0 Å². The average molecular weight is 329 g/mol. The van der Waals surface area contributed by atoms with Crippen molar-refractivity contribution >= 4 is 22.4 Å². The monoisotopic (exact) mass is 329 g/mol. The average Bonchev–Trinajstić information content (AvgIpc) is 2.95. The number of nitrogens with one attached hydrogen (secondary N) is 1. The van der Waals surface area contributed by atoms with E-state index >= 15 is 0 Å². The lowest BCUT2D eigenvalue weighted by Gasteiger charge is -2.19. The van der Waals surface area contributed by atoms with Gasteiger partial charge in [-0.1, -0.05) is 25.8 Å². The summed E-state index contributed by atoms with van der Waals surface area (Å²) in [5.41, 5.74) is 2.14. The largest absolute Gasteiger partial charge is 0.302 e. The molecule has 1 atom stereocenters. The molecule has 0 saturated heterocycles. The van der Waals surface area contributed by atoms with Crippen LogP contribution in [0, 0.1) is 5.92 Å². The summed E-state index contributed by atoms with van der Waals surface area (Å²) in [5.74, 6) is 0.813. The molecule has 3 rings (SSSR count). The molecule has 0 bridgehead atoms. The molecule has 0 fully saturated rings. The van der Waals surface area contributed by atoms with Gasteiger partial charge in [-0.15, -0.1) is 11.3 Å². The van der Waals surface area contributed by atoms with Gasteiger partial charge in [-0.05, 0) is 43.7 Å². The van der Waals surface area contributed by atoms with Gasteiger partial charge in [-0.25, -0.2) is 4.98 Å². The number of amides is 1. The number of carbonyl (C=O) groups excluding carboxylic acids is 1. The van der Waals surface area contributed by atoms with Crippen molar-refractivity contribution in [1.82, 2.24) is 9.97 Å². The summed E-state index contributed by atoms with van der Waals surface area (Å²) in [7, 11) is 0. The van der Waals surface area contributed by atoms with Crippen molar-refractivity contribution in [3.8, 4) is 0 Å². The molecule has 2 heterocycles. The quantitative estimate of drug-likeness (QED) is 0.871. The minimum atomic E-state index is 0.0202. The van der Waals surface area contributed by atoms with Gasteiger partial charge in [-0.2, -0.15) is 0 Å². The highest BCUT2D eigenvalue weighted by Crippen LogP contribution is 2.34. The number of anilines is 1. The SMILES string of the molecule is CCCC1CCc2nc(NC(=O)CCc3ccccn3)sc2C1. The second kappa shape index (κ2) is 7.68. The van der Waals surface area contributed by atoms with Crippen molar-refractivity contribution in [1.29, 1.82) is 0 Å². The third kappa shape index (κ3) is 4.38. The maximum Gasteiger partial charge on any atom is 0.226 e. The number of aromatic nitrogens is 2. The molecule has 122 valence electrons. The fraction of sp³-hybridized carbons (Fsp3) is 0.500. The molecule has 0 spiro atoms. The van der Waals surface area contributed by atoms with Gasteiger partial charge in [-0.3, -0.25) is 9.78 Å². The minimum absolute atomic E-state index is 0.0202. The molecule has 1 unspecified atom stereocenters. The number of pyridine rings is 1. The van der Waals surface area contributed by atoms with Crippen LogP contribution >= 0.6 is 11.3 Å². The van der Waals surface area contributed by atoms with Gasteiger partial charge < -0.3 is 5.32 Å². The molecule has 1 N–H and O–H groups in total. The van der Waals surface area contributed by atoms with E-state index in [-0.39, 0.29) is 5.91 Å². The summed E-state index contributed by atoms with van der Waals surface area (Å²) in [4.78, 5) is 22.3. The van der Waals surface area contributed by atoms with E-state index in [1.807, 2.05) is 18.2 Å². The highest BCUT2D eigenvalue weighted by atomic mass is 32.1. The molecule has 2 aromatic rings. The van der Waals surface area contributed by atoms with Crippen LogP contribution in [0.1, 0.15) is 48.9 Å². The van der Waals surface area contributed by atoms with E-state index in [1.54, 1.807) is 17.5 Å². The second-order valence-electron chi connectivity index (χ2n) is 6.16. The van der Waals surface area contributed by atoms with Gasteiger partial charge in [0.15, 0.2) is 5.13 Å². The van der Waals surface area contributed by atoms with Crippen LogP contribution in [0.5, 0.6) is 0 Å². The molecule has 0 saturated carbocycles. The molecule has 4 nitrogen and oxygen atoms in total. The van der Waals surface area contributed by atoms with Crippen LogP contribution in [0.4, 0.5) is 5.13 Å². The fourth-order valence-electron chi connectivity index (χ4n) is 3.12. The second-order valence-corrected chi connectivity index (χ2v) is 7.24. The van der Waals surface area contributed by atoms with Gasteiger partial charge in [0.1, 0.15) is 0 Å². The summed E-state index contributed by atoms with van der Waals surface area (Å²) in [5, 5.41) is 3.72.